The van der Waals surface area contributed by atoms with Crippen LogP contribution in [0.5, 0.6) is 0 Å². The van der Waals surface area contributed by atoms with E-state index in [4.69, 9.17) is 19.5 Å². The molecule has 0 radical (unpaired) electrons. The molecule has 0 aliphatic heterocycles. The normalized spacial score (nSPS) is 10.4. The summed E-state index contributed by atoms with van der Waals surface area (Å²) in [5.41, 5.74) is 1.27. The average molecular weight is 224 g/mol. The van der Waals surface area contributed by atoms with Gasteiger partial charge in [0.1, 0.15) is 0 Å². The highest BCUT2D eigenvalue weighted by molar-refractivity contribution is 6.59. The van der Waals surface area contributed by atoms with E-state index in [0.29, 0.717) is 31.9 Å². The first-order valence-electron chi connectivity index (χ1n) is 5.35. The molecule has 0 fully saturated rings. The molecule has 0 saturated carbocycles. The highest BCUT2D eigenvalue weighted by atomic mass is 16.5. The zero-order valence-electron chi connectivity index (χ0n) is 9.43. The molecule has 0 aromatic heterocycles. The third-order valence-electron chi connectivity index (χ3n) is 2.17. The van der Waals surface area contributed by atoms with Gasteiger partial charge in [0.15, 0.2) is 0 Å². The Hall–Kier alpha value is -0.875. The fraction of sp³-hybridized carbons (Fsp3) is 0.455. The number of hydrogen-bond donors (Lipinski definition) is 2. The Morgan fingerprint density at radius 3 is 2.50 bits per heavy atom. The molecule has 88 valence electrons. The first-order chi connectivity index (χ1) is 7.75. The molecule has 1 aromatic carbocycles. The van der Waals surface area contributed by atoms with E-state index in [-0.39, 0.29) is 0 Å². The molecule has 16 heavy (non-hydrogen) atoms. The summed E-state index contributed by atoms with van der Waals surface area (Å²) < 4.78 is 10.5. The third-order valence-corrected chi connectivity index (χ3v) is 2.17. The summed E-state index contributed by atoms with van der Waals surface area (Å²) >= 11 is 0. The second-order valence-electron chi connectivity index (χ2n) is 3.32. The average Bonchev–Trinajstić information content (AvgIpc) is 2.29. The van der Waals surface area contributed by atoms with Crippen LogP contribution in [0.2, 0.25) is 0 Å². The van der Waals surface area contributed by atoms with Crippen LogP contribution in [0.4, 0.5) is 0 Å². The minimum atomic E-state index is -1.45. The first-order valence-corrected chi connectivity index (χ1v) is 5.35. The van der Waals surface area contributed by atoms with E-state index in [1.54, 1.807) is 12.1 Å². The van der Waals surface area contributed by atoms with Gasteiger partial charge in [0.2, 0.25) is 0 Å². The molecular weight excluding hydrogens is 207 g/mol. The SMILES string of the molecule is CCOCCOCc1ccccc1B(O)O. The van der Waals surface area contributed by atoms with E-state index in [2.05, 4.69) is 0 Å². The summed E-state index contributed by atoms with van der Waals surface area (Å²) in [6.45, 7) is 4.03. The molecule has 1 rings (SSSR count). The fourth-order valence-corrected chi connectivity index (χ4v) is 1.36. The Morgan fingerprint density at radius 1 is 1.12 bits per heavy atom. The molecule has 0 aliphatic rings. The number of benzene rings is 1. The minimum Gasteiger partial charge on any atom is -0.423 e. The van der Waals surface area contributed by atoms with Crippen LogP contribution in [0, 0.1) is 0 Å². The zero-order valence-corrected chi connectivity index (χ0v) is 9.43. The van der Waals surface area contributed by atoms with Crippen molar-refractivity contribution in [1.29, 1.82) is 0 Å². The molecule has 0 aliphatic carbocycles. The van der Waals surface area contributed by atoms with Gasteiger partial charge in [-0.1, -0.05) is 24.3 Å². The van der Waals surface area contributed by atoms with E-state index in [0.717, 1.165) is 5.56 Å². The third kappa shape index (κ3) is 4.32. The number of hydrogen-bond acceptors (Lipinski definition) is 4. The van der Waals surface area contributed by atoms with Gasteiger partial charge in [-0.25, -0.2) is 0 Å². The highest BCUT2D eigenvalue weighted by Crippen LogP contribution is 1.99. The Kier molecular flexibility index (Phi) is 6.11. The Morgan fingerprint density at radius 2 is 1.81 bits per heavy atom. The molecule has 4 nitrogen and oxygen atoms in total. The van der Waals surface area contributed by atoms with Crippen molar-refractivity contribution in [1.82, 2.24) is 0 Å². The standard InChI is InChI=1S/C11H17BO4/c1-2-15-7-8-16-9-10-5-3-4-6-11(10)12(13)14/h3-6,13-14H,2,7-9H2,1H3. The summed E-state index contributed by atoms with van der Waals surface area (Å²) in [5.74, 6) is 0. The Labute approximate surface area is 96.0 Å². The van der Waals surface area contributed by atoms with Crippen LogP contribution in [0.25, 0.3) is 0 Å². The van der Waals surface area contributed by atoms with E-state index in [9.17, 15) is 0 Å². The van der Waals surface area contributed by atoms with Crippen LogP contribution in [0.3, 0.4) is 0 Å². The van der Waals surface area contributed by atoms with Gasteiger partial charge in [0.25, 0.3) is 0 Å². The van der Waals surface area contributed by atoms with Crippen molar-refractivity contribution in [2.45, 2.75) is 13.5 Å². The van der Waals surface area contributed by atoms with E-state index in [1.807, 2.05) is 19.1 Å². The predicted octanol–water partition coefficient (Wildman–Crippen LogP) is -0.0805. The molecular formula is C11H17BO4. The van der Waals surface area contributed by atoms with Crippen LogP contribution in [0.1, 0.15) is 12.5 Å². The van der Waals surface area contributed by atoms with Gasteiger partial charge < -0.3 is 19.5 Å². The largest absolute Gasteiger partial charge is 0.488 e. The molecule has 0 bridgehead atoms. The van der Waals surface area contributed by atoms with Gasteiger partial charge in [-0.15, -0.1) is 0 Å². The van der Waals surface area contributed by atoms with Crippen LogP contribution in [0.15, 0.2) is 24.3 Å². The summed E-state index contributed by atoms with van der Waals surface area (Å²) in [4.78, 5) is 0. The summed E-state index contributed by atoms with van der Waals surface area (Å²) in [5, 5.41) is 18.2. The maximum atomic E-state index is 9.12. The maximum absolute atomic E-state index is 9.12. The molecule has 0 spiro atoms. The second-order valence-corrected chi connectivity index (χ2v) is 3.32. The Bertz CT molecular complexity index is 304. The van der Waals surface area contributed by atoms with Gasteiger partial charge >= 0.3 is 7.12 Å². The smallest absolute Gasteiger partial charge is 0.423 e. The van der Waals surface area contributed by atoms with E-state index in [1.165, 1.54) is 0 Å². The van der Waals surface area contributed by atoms with Crippen molar-refractivity contribution in [2.24, 2.45) is 0 Å². The van der Waals surface area contributed by atoms with Gasteiger partial charge in [0.05, 0.1) is 19.8 Å². The lowest BCUT2D eigenvalue weighted by Gasteiger charge is -2.09. The van der Waals surface area contributed by atoms with Crippen LogP contribution in [-0.4, -0.2) is 37.0 Å². The molecule has 0 amide bonds. The molecule has 5 heteroatoms. The lowest BCUT2D eigenvalue weighted by molar-refractivity contribution is 0.0455. The second kappa shape index (κ2) is 7.41. The van der Waals surface area contributed by atoms with E-state index >= 15 is 0 Å². The predicted molar refractivity (Wildman–Crippen MR) is 62.4 cm³/mol. The summed E-state index contributed by atoms with van der Waals surface area (Å²) in [6, 6.07) is 7.09. The molecule has 2 N–H and O–H groups in total. The van der Waals surface area contributed by atoms with Crippen molar-refractivity contribution in [3.63, 3.8) is 0 Å². The first kappa shape index (κ1) is 13.2. The van der Waals surface area contributed by atoms with Crippen molar-refractivity contribution in [2.75, 3.05) is 19.8 Å². The monoisotopic (exact) mass is 224 g/mol. The zero-order chi connectivity index (χ0) is 11.8. The molecule has 1 aromatic rings. The van der Waals surface area contributed by atoms with Crippen LogP contribution < -0.4 is 5.46 Å². The van der Waals surface area contributed by atoms with Gasteiger partial charge in [0, 0.05) is 6.61 Å². The number of rotatable bonds is 7. The van der Waals surface area contributed by atoms with Crippen molar-refractivity contribution >= 4 is 12.6 Å². The fourth-order valence-electron chi connectivity index (χ4n) is 1.36. The van der Waals surface area contributed by atoms with Gasteiger partial charge in [-0.3, -0.25) is 0 Å². The highest BCUT2D eigenvalue weighted by Gasteiger charge is 2.14. The number of ether oxygens (including phenoxy) is 2. The van der Waals surface area contributed by atoms with Crippen LogP contribution in [-0.2, 0) is 16.1 Å². The summed E-state index contributed by atoms with van der Waals surface area (Å²) in [7, 11) is -1.45. The minimum absolute atomic E-state index is 0.362. The molecule has 0 saturated heterocycles. The quantitative estimate of drug-likeness (QED) is 0.502. The van der Waals surface area contributed by atoms with Crippen molar-refractivity contribution in [3.8, 4) is 0 Å². The van der Waals surface area contributed by atoms with Gasteiger partial charge in [-0.2, -0.15) is 0 Å². The van der Waals surface area contributed by atoms with Crippen molar-refractivity contribution < 1.29 is 19.5 Å². The maximum Gasteiger partial charge on any atom is 0.488 e. The topological polar surface area (TPSA) is 58.9 Å². The molecule has 0 heterocycles. The lowest BCUT2D eigenvalue weighted by atomic mass is 9.77. The Balaban J connectivity index is 2.41. The molecule has 0 unspecified atom stereocenters. The van der Waals surface area contributed by atoms with Crippen LogP contribution >= 0.6 is 0 Å². The van der Waals surface area contributed by atoms with Gasteiger partial charge in [-0.05, 0) is 17.9 Å². The summed E-state index contributed by atoms with van der Waals surface area (Å²) in [6.07, 6.45) is 0. The molecule has 0 atom stereocenters. The van der Waals surface area contributed by atoms with Crippen molar-refractivity contribution in [3.05, 3.63) is 29.8 Å². The lowest BCUT2D eigenvalue weighted by Crippen LogP contribution is -2.33. The van der Waals surface area contributed by atoms with E-state index < -0.39 is 7.12 Å².